The average molecular weight is 255 g/mol. The quantitative estimate of drug-likeness (QED) is 0.545. The highest BCUT2D eigenvalue weighted by atomic mass is 35.5. The van der Waals surface area contributed by atoms with Gasteiger partial charge in [-0.3, -0.25) is 4.79 Å². The number of hydrogen-bond acceptors (Lipinski definition) is 2. The van der Waals surface area contributed by atoms with Gasteiger partial charge in [0.15, 0.2) is 5.56 Å². The Kier molecular flexibility index (Phi) is 6.71. The van der Waals surface area contributed by atoms with Crippen molar-refractivity contribution in [3.63, 3.8) is 0 Å². The van der Waals surface area contributed by atoms with Crippen molar-refractivity contribution in [2.24, 2.45) is 0 Å². The van der Waals surface area contributed by atoms with Crippen LogP contribution in [0.1, 0.15) is 38.2 Å². The lowest BCUT2D eigenvalue weighted by molar-refractivity contribution is -0.145. The Morgan fingerprint density at radius 2 is 2.06 bits per heavy atom. The lowest BCUT2D eigenvalue weighted by atomic mass is 10.1. The van der Waals surface area contributed by atoms with Crippen LogP contribution >= 0.6 is 11.6 Å². The van der Waals surface area contributed by atoms with Gasteiger partial charge in [-0.2, -0.15) is 0 Å². The highest BCUT2D eigenvalue weighted by Gasteiger charge is 2.10. The predicted molar refractivity (Wildman–Crippen MR) is 70.0 cm³/mol. The number of carbonyl (C=O) groups is 1. The molecule has 0 fully saturated rings. The zero-order valence-corrected chi connectivity index (χ0v) is 11.0. The third-order valence-electron chi connectivity index (χ3n) is 2.50. The first-order valence-electron chi connectivity index (χ1n) is 6.10. The van der Waals surface area contributed by atoms with Crippen LogP contribution in [0, 0.1) is 0 Å². The third kappa shape index (κ3) is 6.32. The lowest BCUT2D eigenvalue weighted by Crippen LogP contribution is -2.13. The third-order valence-corrected chi connectivity index (χ3v) is 2.81. The first-order valence-corrected chi connectivity index (χ1v) is 6.53. The van der Waals surface area contributed by atoms with E-state index in [2.05, 4.69) is 6.92 Å². The van der Waals surface area contributed by atoms with E-state index in [-0.39, 0.29) is 5.97 Å². The van der Waals surface area contributed by atoms with Crippen LogP contribution in [0.2, 0.25) is 0 Å². The van der Waals surface area contributed by atoms with Crippen molar-refractivity contribution in [3.05, 3.63) is 35.9 Å². The molecule has 0 amide bonds. The minimum Gasteiger partial charge on any atom is -0.446 e. The van der Waals surface area contributed by atoms with Gasteiger partial charge in [0.2, 0.25) is 0 Å². The molecule has 0 N–H and O–H groups in total. The van der Waals surface area contributed by atoms with Crippen LogP contribution in [0.4, 0.5) is 0 Å². The van der Waals surface area contributed by atoms with Crippen LogP contribution in [0.25, 0.3) is 0 Å². The minimum absolute atomic E-state index is 0.218. The molecule has 0 saturated carbocycles. The minimum atomic E-state index is -0.474. The van der Waals surface area contributed by atoms with Gasteiger partial charge in [-0.05, 0) is 24.8 Å². The van der Waals surface area contributed by atoms with E-state index >= 15 is 0 Å². The molecule has 1 aromatic rings. The van der Waals surface area contributed by atoms with Gasteiger partial charge < -0.3 is 4.74 Å². The number of hydrogen-bond donors (Lipinski definition) is 0. The van der Waals surface area contributed by atoms with Gasteiger partial charge in [0.05, 0.1) is 0 Å². The summed E-state index contributed by atoms with van der Waals surface area (Å²) < 4.78 is 5.10. The molecule has 1 rings (SSSR count). The van der Waals surface area contributed by atoms with Gasteiger partial charge in [0, 0.05) is 6.42 Å². The van der Waals surface area contributed by atoms with Crippen molar-refractivity contribution in [2.75, 3.05) is 0 Å². The summed E-state index contributed by atoms with van der Waals surface area (Å²) in [4.78, 5) is 11.5. The molecule has 3 heteroatoms. The highest BCUT2D eigenvalue weighted by molar-refractivity contribution is 6.20. The SMILES string of the molecule is CCCCC(Cl)OC(=O)CCc1ccccc1. The van der Waals surface area contributed by atoms with E-state index in [1.54, 1.807) is 0 Å². The monoisotopic (exact) mass is 254 g/mol. The first-order chi connectivity index (χ1) is 8.22. The summed E-state index contributed by atoms with van der Waals surface area (Å²) in [5.41, 5.74) is 0.669. The molecule has 0 aliphatic rings. The van der Waals surface area contributed by atoms with Gasteiger partial charge in [-0.25, -0.2) is 0 Å². The normalized spacial score (nSPS) is 12.1. The zero-order chi connectivity index (χ0) is 12.5. The van der Waals surface area contributed by atoms with Crippen LogP contribution in [-0.4, -0.2) is 11.5 Å². The molecule has 2 nitrogen and oxygen atoms in total. The summed E-state index contributed by atoms with van der Waals surface area (Å²) in [6.07, 6.45) is 3.87. The summed E-state index contributed by atoms with van der Waals surface area (Å²) in [5, 5.41) is 0. The molecule has 1 atom stereocenters. The highest BCUT2D eigenvalue weighted by Crippen LogP contribution is 2.11. The molecule has 94 valence electrons. The number of alkyl halides is 1. The maximum absolute atomic E-state index is 11.5. The number of carbonyl (C=O) groups excluding carboxylic acids is 1. The molecule has 0 aromatic heterocycles. The van der Waals surface area contributed by atoms with E-state index in [9.17, 15) is 4.79 Å². The maximum atomic E-state index is 11.5. The van der Waals surface area contributed by atoms with Crippen molar-refractivity contribution < 1.29 is 9.53 Å². The summed E-state index contributed by atoms with van der Waals surface area (Å²) in [6, 6.07) is 9.89. The van der Waals surface area contributed by atoms with E-state index in [1.165, 1.54) is 0 Å². The Hall–Kier alpha value is -1.02. The molecule has 17 heavy (non-hydrogen) atoms. The maximum Gasteiger partial charge on any atom is 0.307 e. The molecule has 1 aromatic carbocycles. The fourth-order valence-electron chi connectivity index (χ4n) is 1.52. The van der Waals surface area contributed by atoms with E-state index < -0.39 is 5.56 Å². The molecular weight excluding hydrogens is 236 g/mol. The largest absolute Gasteiger partial charge is 0.446 e. The van der Waals surface area contributed by atoms with E-state index in [1.807, 2.05) is 30.3 Å². The van der Waals surface area contributed by atoms with Crippen molar-refractivity contribution >= 4 is 17.6 Å². The summed E-state index contributed by atoms with van der Waals surface area (Å²) in [5.74, 6) is -0.218. The number of esters is 1. The van der Waals surface area contributed by atoms with Crippen LogP contribution in [0.3, 0.4) is 0 Å². The number of halogens is 1. The van der Waals surface area contributed by atoms with Gasteiger partial charge >= 0.3 is 5.97 Å². The molecule has 1 unspecified atom stereocenters. The van der Waals surface area contributed by atoms with Crippen molar-refractivity contribution in [2.45, 2.75) is 44.6 Å². The fourth-order valence-corrected chi connectivity index (χ4v) is 1.77. The van der Waals surface area contributed by atoms with Crippen LogP contribution in [0.15, 0.2) is 30.3 Å². The molecular formula is C14H19ClO2. The molecule has 0 aliphatic heterocycles. The summed E-state index contributed by atoms with van der Waals surface area (Å²) in [7, 11) is 0. The summed E-state index contributed by atoms with van der Waals surface area (Å²) in [6.45, 7) is 2.08. The summed E-state index contributed by atoms with van der Waals surface area (Å²) >= 11 is 5.89. The molecule has 0 radical (unpaired) electrons. The molecule has 0 heterocycles. The smallest absolute Gasteiger partial charge is 0.307 e. The van der Waals surface area contributed by atoms with E-state index in [0.717, 1.165) is 24.8 Å². The second kappa shape index (κ2) is 8.13. The van der Waals surface area contributed by atoms with Crippen molar-refractivity contribution in [1.82, 2.24) is 0 Å². The lowest BCUT2D eigenvalue weighted by Gasteiger charge is -2.10. The Morgan fingerprint density at radius 1 is 1.35 bits per heavy atom. The molecule has 0 spiro atoms. The fraction of sp³-hybridized carbons (Fsp3) is 0.500. The Morgan fingerprint density at radius 3 is 2.71 bits per heavy atom. The standard InChI is InChI=1S/C14H19ClO2/c1-2-3-9-13(15)17-14(16)11-10-12-7-5-4-6-8-12/h4-8,13H,2-3,9-11H2,1H3. The number of aryl methyl sites for hydroxylation is 1. The number of unbranched alkanes of at least 4 members (excludes halogenated alkanes) is 1. The van der Waals surface area contributed by atoms with Crippen LogP contribution in [0.5, 0.6) is 0 Å². The Labute approximate surface area is 108 Å². The van der Waals surface area contributed by atoms with Gasteiger partial charge in [0.1, 0.15) is 0 Å². The predicted octanol–water partition coefficient (Wildman–Crippen LogP) is 3.92. The Balaban J connectivity index is 2.21. The van der Waals surface area contributed by atoms with Crippen molar-refractivity contribution in [3.8, 4) is 0 Å². The molecule has 0 saturated heterocycles. The number of benzene rings is 1. The number of ether oxygens (including phenoxy) is 1. The van der Waals surface area contributed by atoms with Crippen LogP contribution in [-0.2, 0) is 16.0 Å². The molecule has 0 bridgehead atoms. The van der Waals surface area contributed by atoms with Gasteiger partial charge in [-0.15, -0.1) is 0 Å². The van der Waals surface area contributed by atoms with Gasteiger partial charge in [-0.1, -0.05) is 55.3 Å². The molecule has 0 aliphatic carbocycles. The zero-order valence-electron chi connectivity index (χ0n) is 10.2. The Bertz CT molecular complexity index is 324. The second-order valence-electron chi connectivity index (χ2n) is 4.03. The topological polar surface area (TPSA) is 26.3 Å². The van der Waals surface area contributed by atoms with Crippen molar-refractivity contribution in [1.29, 1.82) is 0 Å². The number of rotatable bonds is 7. The van der Waals surface area contributed by atoms with E-state index in [0.29, 0.717) is 12.8 Å². The first kappa shape index (κ1) is 14.0. The van der Waals surface area contributed by atoms with E-state index in [4.69, 9.17) is 16.3 Å². The van der Waals surface area contributed by atoms with Gasteiger partial charge in [0.25, 0.3) is 0 Å². The average Bonchev–Trinajstić information content (AvgIpc) is 2.35. The second-order valence-corrected chi connectivity index (χ2v) is 4.51. The van der Waals surface area contributed by atoms with Crippen LogP contribution < -0.4 is 0 Å².